The van der Waals surface area contributed by atoms with Crippen LogP contribution in [-0.4, -0.2) is 13.2 Å². The van der Waals surface area contributed by atoms with Gasteiger partial charge in [-0.2, -0.15) is 0 Å². The molecule has 0 radical (unpaired) electrons. The monoisotopic (exact) mass is 233 g/mol. The van der Waals surface area contributed by atoms with Crippen LogP contribution in [0.3, 0.4) is 0 Å². The van der Waals surface area contributed by atoms with Crippen LogP contribution in [0.15, 0.2) is 24.3 Å². The molecule has 1 atom stereocenters. The molecule has 0 amide bonds. The van der Waals surface area contributed by atoms with Gasteiger partial charge in [0.1, 0.15) is 5.75 Å². The molecule has 1 N–H and O–H groups in total. The fourth-order valence-corrected chi connectivity index (χ4v) is 2.15. The van der Waals surface area contributed by atoms with Crippen molar-refractivity contribution in [2.24, 2.45) is 11.8 Å². The van der Waals surface area contributed by atoms with E-state index in [4.69, 9.17) is 4.74 Å². The zero-order valence-electron chi connectivity index (χ0n) is 10.9. The molecule has 17 heavy (non-hydrogen) atoms. The van der Waals surface area contributed by atoms with Gasteiger partial charge in [-0.25, -0.2) is 0 Å². The molecule has 1 aliphatic carbocycles. The minimum Gasteiger partial charge on any atom is -0.494 e. The minimum atomic E-state index is 0.733. The molecule has 1 aromatic rings. The molecule has 1 saturated carbocycles. The molecular weight excluding hydrogens is 210 g/mol. The molecule has 2 rings (SSSR count). The van der Waals surface area contributed by atoms with E-state index in [0.717, 1.165) is 37.3 Å². The van der Waals surface area contributed by atoms with E-state index in [1.165, 1.54) is 18.4 Å². The zero-order valence-corrected chi connectivity index (χ0v) is 10.9. The largest absolute Gasteiger partial charge is 0.494 e. The lowest BCUT2D eigenvalue weighted by molar-refractivity contribution is 0.340. The molecule has 1 aliphatic rings. The van der Waals surface area contributed by atoms with Gasteiger partial charge in [0.2, 0.25) is 0 Å². The molecule has 1 fully saturated rings. The summed E-state index contributed by atoms with van der Waals surface area (Å²) < 4.78 is 5.42. The summed E-state index contributed by atoms with van der Waals surface area (Å²) in [6.45, 7) is 7.19. The van der Waals surface area contributed by atoms with Gasteiger partial charge in [0.15, 0.2) is 0 Å². The number of hydrogen-bond donors (Lipinski definition) is 1. The Labute approximate surface area is 104 Å². The van der Waals surface area contributed by atoms with E-state index in [-0.39, 0.29) is 0 Å². The van der Waals surface area contributed by atoms with Crippen molar-refractivity contribution in [1.82, 2.24) is 5.32 Å². The molecule has 0 bridgehead atoms. The van der Waals surface area contributed by atoms with Gasteiger partial charge in [0, 0.05) is 6.54 Å². The van der Waals surface area contributed by atoms with Crippen LogP contribution in [0, 0.1) is 11.8 Å². The summed E-state index contributed by atoms with van der Waals surface area (Å²) in [6.07, 6.45) is 2.87. The second-order valence-corrected chi connectivity index (χ2v) is 5.02. The van der Waals surface area contributed by atoms with Crippen LogP contribution in [0.1, 0.15) is 32.3 Å². The second-order valence-electron chi connectivity index (χ2n) is 5.02. The van der Waals surface area contributed by atoms with Crippen LogP contribution >= 0.6 is 0 Å². The van der Waals surface area contributed by atoms with Crippen molar-refractivity contribution in [3.8, 4) is 5.75 Å². The minimum absolute atomic E-state index is 0.733. The highest BCUT2D eigenvalue weighted by molar-refractivity contribution is 5.27. The quantitative estimate of drug-likeness (QED) is 0.780. The van der Waals surface area contributed by atoms with Gasteiger partial charge in [0.25, 0.3) is 0 Å². The van der Waals surface area contributed by atoms with E-state index in [0.29, 0.717) is 0 Å². The highest BCUT2D eigenvalue weighted by atomic mass is 16.5. The predicted octanol–water partition coefficient (Wildman–Crippen LogP) is 3.22. The van der Waals surface area contributed by atoms with E-state index in [1.54, 1.807) is 0 Å². The smallest absolute Gasteiger partial charge is 0.119 e. The molecule has 0 heterocycles. The van der Waals surface area contributed by atoms with Crippen LogP contribution in [0.5, 0.6) is 5.75 Å². The van der Waals surface area contributed by atoms with E-state index < -0.39 is 0 Å². The Hall–Kier alpha value is -1.02. The number of hydrogen-bond acceptors (Lipinski definition) is 2. The van der Waals surface area contributed by atoms with Crippen LogP contribution in [-0.2, 0) is 6.54 Å². The van der Waals surface area contributed by atoms with Crippen LogP contribution in [0.25, 0.3) is 0 Å². The molecule has 2 nitrogen and oxygen atoms in total. The lowest BCUT2D eigenvalue weighted by atomic mass is 10.1. The molecule has 1 aromatic carbocycles. The van der Waals surface area contributed by atoms with Gasteiger partial charge in [-0.3, -0.25) is 0 Å². The Morgan fingerprint density at radius 1 is 1.29 bits per heavy atom. The first-order valence-corrected chi connectivity index (χ1v) is 6.72. The van der Waals surface area contributed by atoms with Crippen LogP contribution < -0.4 is 10.1 Å². The molecule has 94 valence electrons. The third kappa shape index (κ3) is 4.04. The standard InChI is InChI=1S/C15H23NO/c1-3-17-15-8-4-13(5-9-15)11-16-10-12(2)14-6-7-14/h4-5,8-9,12,14,16H,3,6-7,10-11H2,1-2H3. The van der Waals surface area contributed by atoms with E-state index >= 15 is 0 Å². The molecular formula is C15H23NO. The Balaban J connectivity index is 1.70. The summed E-state index contributed by atoms with van der Waals surface area (Å²) in [7, 11) is 0. The predicted molar refractivity (Wildman–Crippen MR) is 71.2 cm³/mol. The van der Waals surface area contributed by atoms with Crippen LogP contribution in [0.2, 0.25) is 0 Å². The van der Waals surface area contributed by atoms with Crippen molar-refractivity contribution in [1.29, 1.82) is 0 Å². The average molecular weight is 233 g/mol. The van der Waals surface area contributed by atoms with E-state index in [9.17, 15) is 0 Å². The topological polar surface area (TPSA) is 21.3 Å². The summed E-state index contributed by atoms with van der Waals surface area (Å²) in [6, 6.07) is 8.37. The van der Waals surface area contributed by atoms with E-state index in [1.807, 2.05) is 19.1 Å². The lowest BCUT2D eigenvalue weighted by Crippen LogP contribution is -2.21. The maximum absolute atomic E-state index is 5.42. The molecule has 0 spiro atoms. The lowest BCUT2D eigenvalue weighted by Gasteiger charge is -2.11. The van der Waals surface area contributed by atoms with Crippen molar-refractivity contribution < 1.29 is 4.74 Å². The Morgan fingerprint density at radius 3 is 2.59 bits per heavy atom. The molecule has 2 heteroatoms. The first-order chi connectivity index (χ1) is 8.29. The van der Waals surface area contributed by atoms with Crippen molar-refractivity contribution in [3.63, 3.8) is 0 Å². The first-order valence-electron chi connectivity index (χ1n) is 6.72. The zero-order chi connectivity index (χ0) is 12.1. The maximum atomic E-state index is 5.42. The Bertz CT molecular complexity index is 329. The molecule has 0 aliphatic heterocycles. The van der Waals surface area contributed by atoms with Crippen molar-refractivity contribution in [2.75, 3.05) is 13.2 Å². The van der Waals surface area contributed by atoms with Gasteiger partial charge in [0.05, 0.1) is 6.61 Å². The third-order valence-electron chi connectivity index (χ3n) is 3.46. The van der Waals surface area contributed by atoms with Crippen molar-refractivity contribution in [2.45, 2.75) is 33.2 Å². The Kier molecular flexibility index (Phi) is 4.43. The normalized spacial score (nSPS) is 16.8. The summed E-state index contributed by atoms with van der Waals surface area (Å²) in [5.41, 5.74) is 1.33. The second kappa shape index (κ2) is 6.06. The van der Waals surface area contributed by atoms with Crippen molar-refractivity contribution in [3.05, 3.63) is 29.8 Å². The van der Waals surface area contributed by atoms with Gasteiger partial charge < -0.3 is 10.1 Å². The van der Waals surface area contributed by atoms with E-state index in [2.05, 4.69) is 24.4 Å². The summed E-state index contributed by atoms with van der Waals surface area (Å²) in [5.74, 6) is 2.78. The molecule has 0 saturated heterocycles. The SMILES string of the molecule is CCOc1ccc(CNCC(C)C2CC2)cc1. The van der Waals surface area contributed by atoms with Crippen molar-refractivity contribution >= 4 is 0 Å². The number of benzene rings is 1. The van der Waals surface area contributed by atoms with Gasteiger partial charge in [-0.05, 0) is 55.8 Å². The fraction of sp³-hybridized carbons (Fsp3) is 0.600. The highest BCUT2D eigenvalue weighted by Crippen LogP contribution is 2.36. The Morgan fingerprint density at radius 2 is 2.00 bits per heavy atom. The number of ether oxygens (including phenoxy) is 1. The first kappa shape index (κ1) is 12.4. The summed E-state index contributed by atoms with van der Waals surface area (Å²) >= 11 is 0. The average Bonchev–Trinajstić information content (AvgIpc) is 3.15. The van der Waals surface area contributed by atoms with Gasteiger partial charge >= 0.3 is 0 Å². The highest BCUT2D eigenvalue weighted by Gasteiger charge is 2.27. The van der Waals surface area contributed by atoms with Gasteiger partial charge in [-0.1, -0.05) is 19.1 Å². The molecule has 0 aromatic heterocycles. The number of nitrogens with one attached hydrogen (secondary N) is 1. The number of rotatable bonds is 7. The summed E-state index contributed by atoms with van der Waals surface area (Å²) in [4.78, 5) is 0. The third-order valence-corrected chi connectivity index (χ3v) is 3.46. The van der Waals surface area contributed by atoms with Gasteiger partial charge in [-0.15, -0.1) is 0 Å². The van der Waals surface area contributed by atoms with Crippen LogP contribution in [0.4, 0.5) is 0 Å². The maximum Gasteiger partial charge on any atom is 0.119 e. The summed E-state index contributed by atoms with van der Waals surface area (Å²) in [5, 5.41) is 3.53. The molecule has 1 unspecified atom stereocenters. The fourth-order valence-electron chi connectivity index (χ4n) is 2.15.